The molecule has 0 spiro atoms. The Bertz CT molecular complexity index is 523. The van der Waals surface area contributed by atoms with Crippen LogP contribution in [0.3, 0.4) is 0 Å². The molecule has 0 bridgehead atoms. The van der Waals surface area contributed by atoms with Gasteiger partial charge in [0.25, 0.3) is 0 Å². The van der Waals surface area contributed by atoms with E-state index in [2.05, 4.69) is 20.5 Å². The van der Waals surface area contributed by atoms with Gasteiger partial charge in [0.1, 0.15) is 6.34 Å². The third-order valence-electron chi connectivity index (χ3n) is 1.91. The molecule has 0 fully saturated rings. The Labute approximate surface area is 109 Å². The number of hydrazone groups is 1. The lowest BCUT2D eigenvalue weighted by atomic mass is 10.1. The predicted octanol–water partition coefficient (Wildman–Crippen LogP) is 1.48. The summed E-state index contributed by atoms with van der Waals surface area (Å²) in [4.78, 5) is 6.85. The molecule has 0 aliphatic carbocycles. The van der Waals surface area contributed by atoms with Gasteiger partial charge in [0.2, 0.25) is 12.2 Å². The third-order valence-corrected chi connectivity index (χ3v) is 2.16. The topological polar surface area (TPSA) is 98.9 Å². The number of nitriles is 1. The zero-order valence-electron chi connectivity index (χ0n) is 9.63. The fraction of sp³-hybridized carbons (Fsp3) is 0.0909. The van der Waals surface area contributed by atoms with Crippen LogP contribution < -0.4 is 11.2 Å². The summed E-state index contributed by atoms with van der Waals surface area (Å²) in [6.45, 7) is 1.81. The van der Waals surface area contributed by atoms with Crippen molar-refractivity contribution in [1.29, 1.82) is 5.26 Å². The maximum absolute atomic E-state index is 8.15. The number of nitrogens with two attached hydrogens (primary N) is 1. The number of hydrogen-bond donors (Lipinski definition) is 2. The molecule has 0 aliphatic rings. The monoisotopic (exact) mass is 262 g/mol. The Morgan fingerprint density at radius 2 is 2.11 bits per heavy atom. The van der Waals surface area contributed by atoms with Gasteiger partial charge in [-0.1, -0.05) is 23.7 Å². The lowest BCUT2D eigenvalue weighted by molar-refractivity contribution is 1.01. The normalized spacial score (nSPS) is 12.5. The molecule has 0 heterocycles. The summed E-state index contributed by atoms with van der Waals surface area (Å²) in [7, 11) is 0. The minimum absolute atomic E-state index is 0.0438. The lowest BCUT2D eigenvalue weighted by Gasteiger charge is -2.02. The van der Waals surface area contributed by atoms with Crippen molar-refractivity contribution in [2.75, 3.05) is 0 Å². The smallest absolute Gasteiger partial charge is 0.215 e. The number of aliphatic imine (C=N–C) groups is 2. The Kier molecular flexibility index (Phi) is 5.35. The third kappa shape index (κ3) is 4.63. The average molecular weight is 263 g/mol. The first kappa shape index (κ1) is 13.7. The number of benzene rings is 1. The first-order valence-corrected chi connectivity index (χ1v) is 5.31. The van der Waals surface area contributed by atoms with Crippen molar-refractivity contribution >= 4 is 29.6 Å². The van der Waals surface area contributed by atoms with Crippen LogP contribution in [0.2, 0.25) is 5.02 Å². The number of guanidine groups is 1. The molecule has 3 N–H and O–H groups in total. The zero-order chi connectivity index (χ0) is 13.4. The van der Waals surface area contributed by atoms with Crippen LogP contribution in [0.15, 0.2) is 39.4 Å². The van der Waals surface area contributed by atoms with Gasteiger partial charge < -0.3 is 5.73 Å². The van der Waals surface area contributed by atoms with Gasteiger partial charge in [-0.05, 0) is 24.6 Å². The molecule has 6 nitrogen and oxygen atoms in total. The molecular weight excluding hydrogens is 252 g/mol. The molecule has 1 aromatic rings. The van der Waals surface area contributed by atoms with Crippen molar-refractivity contribution < 1.29 is 0 Å². The van der Waals surface area contributed by atoms with E-state index in [0.29, 0.717) is 5.02 Å². The maximum Gasteiger partial charge on any atom is 0.215 e. The molecule has 0 aliphatic heterocycles. The quantitative estimate of drug-likeness (QED) is 0.373. The minimum atomic E-state index is 0.0438. The van der Waals surface area contributed by atoms with E-state index in [1.165, 1.54) is 0 Å². The largest absolute Gasteiger partial charge is 0.368 e. The van der Waals surface area contributed by atoms with E-state index in [1.54, 1.807) is 18.3 Å². The Morgan fingerprint density at radius 1 is 1.44 bits per heavy atom. The first-order valence-electron chi connectivity index (χ1n) is 4.93. The molecule has 92 valence electrons. The van der Waals surface area contributed by atoms with Gasteiger partial charge in [0.15, 0.2) is 0 Å². The molecule has 7 heteroatoms. The number of nitrogens with one attached hydrogen (secondary N) is 1. The van der Waals surface area contributed by atoms with Crippen molar-refractivity contribution in [3.05, 3.63) is 34.9 Å². The van der Waals surface area contributed by atoms with E-state index >= 15 is 0 Å². The van der Waals surface area contributed by atoms with Crippen LogP contribution >= 0.6 is 11.6 Å². The second kappa shape index (κ2) is 7.04. The van der Waals surface area contributed by atoms with Gasteiger partial charge in [0, 0.05) is 5.02 Å². The number of halogens is 1. The highest BCUT2D eigenvalue weighted by molar-refractivity contribution is 6.30. The van der Waals surface area contributed by atoms with Gasteiger partial charge in [-0.2, -0.15) is 15.4 Å². The molecule has 0 unspecified atom stereocenters. The number of nitrogens with zero attached hydrogens (tertiary/aromatic N) is 4. The molecule has 0 saturated carbocycles. The summed E-state index contributed by atoms with van der Waals surface area (Å²) in [6.07, 6.45) is 2.59. The summed E-state index contributed by atoms with van der Waals surface area (Å²) >= 11 is 5.78. The van der Waals surface area contributed by atoms with E-state index < -0.39 is 0 Å². The van der Waals surface area contributed by atoms with Crippen LogP contribution in [0, 0.1) is 11.5 Å². The fourth-order valence-corrected chi connectivity index (χ4v) is 1.17. The highest BCUT2D eigenvalue weighted by Gasteiger charge is 1.97. The summed E-state index contributed by atoms with van der Waals surface area (Å²) in [5.74, 6) is 0.0438. The molecule has 0 aromatic heterocycles. The predicted molar refractivity (Wildman–Crippen MR) is 72.5 cm³/mol. The van der Waals surface area contributed by atoms with E-state index in [-0.39, 0.29) is 5.96 Å². The van der Waals surface area contributed by atoms with Crippen LogP contribution in [0.1, 0.15) is 12.5 Å². The summed E-state index contributed by atoms with van der Waals surface area (Å²) in [5.41, 5.74) is 9.64. The van der Waals surface area contributed by atoms with E-state index in [0.717, 1.165) is 17.6 Å². The highest BCUT2D eigenvalue weighted by Crippen LogP contribution is 2.09. The van der Waals surface area contributed by atoms with Crippen molar-refractivity contribution in [3.63, 3.8) is 0 Å². The van der Waals surface area contributed by atoms with Gasteiger partial charge >= 0.3 is 0 Å². The standard InChI is InChI=1S/C11H11ClN6/c1-8(9-2-4-10(12)5-3-9)17-18-11(14)16-7-15-6-13/h2-5,7H,1H3,(H3,14,15,16,18)/b17-8+. The van der Waals surface area contributed by atoms with E-state index in [1.807, 2.05) is 19.1 Å². The summed E-state index contributed by atoms with van der Waals surface area (Å²) in [6, 6.07) is 7.22. The Morgan fingerprint density at radius 3 is 2.72 bits per heavy atom. The van der Waals surface area contributed by atoms with Crippen molar-refractivity contribution in [2.45, 2.75) is 6.92 Å². The Hall–Kier alpha value is -2.39. The van der Waals surface area contributed by atoms with Crippen molar-refractivity contribution in [1.82, 2.24) is 5.43 Å². The number of rotatable bonds is 3. The molecule has 0 radical (unpaired) electrons. The van der Waals surface area contributed by atoms with E-state index in [9.17, 15) is 0 Å². The lowest BCUT2D eigenvalue weighted by Crippen LogP contribution is -2.28. The van der Waals surface area contributed by atoms with Crippen molar-refractivity contribution in [2.24, 2.45) is 20.8 Å². The van der Waals surface area contributed by atoms with Gasteiger partial charge in [0.05, 0.1) is 5.71 Å². The van der Waals surface area contributed by atoms with Gasteiger partial charge in [-0.25, -0.2) is 10.4 Å². The second-order valence-corrected chi connectivity index (χ2v) is 3.61. The van der Waals surface area contributed by atoms with Gasteiger partial charge in [-0.15, -0.1) is 0 Å². The highest BCUT2D eigenvalue weighted by atomic mass is 35.5. The maximum atomic E-state index is 8.15. The Balaban J connectivity index is 2.67. The molecule has 0 saturated heterocycles. The molecule has 0 amide bonds. The fourth-order valence-electron chi connectivity index (χ4n) is 1.04. The molecule has 1 rings (SSSR count). The summed E-state index contributed by atoms with van der Waals surface area (Å²) < 4.78 is 0. The molecule has 18 heavy (non-hydrogen) atoms. The van der Waals surface area contributed by atoms with Gasteiger partial charge in [-0.3, -0.25) is 0 Å². The van der Waals surface area contributed by atoms with E-state index in [4.69, 9.17) is 22.6 Å². The van der Waals surface area contributed by atoms with Crippen LogP contribution in [0.25, 0.3) is 0 Å². The second-order valence-electron chi connectivity index (χ2n) is 3.17. The summed E-state index contributed by atoms with van der Waals surface area (Å²) in [5, 5.41) is 12.8. The molecule has 0 atom stereocenters. The van der Waals surface area contributed by atoms with Crippen molar-refractivity contribution in [3.8, 4) is 6.19 Å². The van der Waals surface area contributed by atoms with Crippen LogP contribution in [0.5, 0.6) is 0 Å². The number of hydrogen-bond acceptors (Lipinski definition) is 3. The molecular formula is C11H11ClN6. The zero-order valence-corrected chi connectivity index (χ0v) is 10.4. The van der Waals surface area contributed by atoms with Crippen LogP contribution in [-0.2, 0) is 0 Å². The molecule has 1 aromatic carbocycles. The SMILES string of the molecule is C/C(=N\NC(N)=NC=NC#N)c1ccc(Cl)cc1. The van der Waals surface area contributed by atoms with Crippen LogP contribution in [-0.4, -0.2) is 18.0 Å². The minimum Gasteiger partial charge on any atom is -0.368 e. The first-order chi connectivity index (χ1) is 8.63. The average Bonchev–Trinajstić information content (AvgIpc) is 2.37. The van der Waals surface area contributed by atoms with Crippen LogP contribution in [0.4, 0.5) is 0 Å².